The molecule has 0 aliphatic carbocycles. The zero-order valence-corrected chi connectivity index (χ0v) is 13.1. The molecule has 1 aliphatic heterocycles. The van der Waals surface area contributed by atoms with Crippen molar-refractivity contribution < 1.29 is 19.1 Å². The number of rotatable bonds is 4. The van der Waals surface area contributed by atoms with Crippen LogP contribution in [0.25, 0.3) is 0 Å². The first kappa shape index (κ1) is 16.1. The lowest BCUT2D eigenvalue weighted by Gasteiger charge is -2.26. The molecule has 0 radical (unpaired) electrons. The average molecular weight is 306 g/mol. The molecule has 1 heterocycles. The minimum atomic E-state index is -0.510. The first-order valence-electron chi connectivity index (χ1n) is 7.30. The van der Waals surface area contributed by atoms with E-state index in [4.69, 9.17) is 9.47 Å². The van der Waals surface area contributed by atoms with Crippen molar-refractivity contribution in [2.75, 3.05) is 19.7 Å². The van der Waals surface area contributed by atoms with Crippen LogP contribution in [0.4, 0.5) is 0 Å². The summed E-state index contributed by atoms with van der Waals surface area (Å²) in [4.78, 5) is 23.4. The third-order valence-corrected chi connectivity index (χ3v) is 3.19. The molecular formula is C16H22N2O4. The van der Waals surface area contributed by atoms with Crippen LogP contribution in [0, 0.1) is 5.41 Å². The van der Waals surface area contributed by atoms with E-state index < -0.39 is 5.41 Å². The predicted molar refractivity (Wildman–Crippen MR) is 81.8 cm³/mol. The quantitative estimate of drug-likeness (QED) is 0.873. The number of benzene rings is 1. The molecule has 1 aromatic rings. The van der Waals surface area contributed by atoms with Crippen LogP contribution < -0.4 is 20.1 Å². The molecule has 2 N–H and O–H groups in total. The van der Waals surface area contributed by atoms with Gasteiger partial charge in [0.2, 0.25) is 11.8 Å². The summed E-state index contributed by atoms with van der Waals surface area (Å²) in [7, 11) is 0. The topological polar surface area (TPSA) is 76.7 Å². The highest BCUT2D eigenvalue weighted by atomic mass is 16.6. The molecule has 0 aromatic heterocycles. The van der Waals surface area contributed by atoms with E-state index in [2.05, 4.69) is 10.6 Å². The zero-order chi connectivity index (χ0) is 16.2. The van der Waals surface area contributed by atoms with Gasteiger partial charge in [0.1, 0.15) is 12.7 Å². The second-order valence-electron chi connectivity index (χ2n) is 6.23. The maximum atomic E-state index is 11.7. The van der Waals surface area contributed by atoms with Crippen molar-refractivity contribution in [1.29, 1.82) is 0 Å². The Bertz CT molecular complexity index is 551. The van der Waals surface area contributed by atoms with Crippen LogP contribution >= 0.6 is 0 Å². The minimum absolute atomic E-state index is 0.0414. The van der Waals surface area contributed by atoms with Gasteiger partial charge in [-0.2, -0.15) is 0 Å². The molecule has 6 heteroatoms. The second kappa shape index (κ2) is 6.68. The summed E-state index contributed by atoms with van der Waals surface area (Å²) < 4.78 is 11.3. The van der Waals surface area contributed by atoms with Gasteiger partial charge < -0.3 is 20.1 Å². The smallest absolute Gasteiger partial charge is 0.239 e. The normalized spacial score (nSPS) is 16.8. The summed E-state index contributed by atoms with van der Waals surface area (Å²) in [5.74, 6) is 0.977. The number of amides is 2. The van der Waals surface area contributed by atoms with Crippen LogP contribution in [0.1, 0.15) is 20.8 Å². The van der Waals surface area contributed by atoms with E-state index in [0.29, 0.717) is 24.7 Å². The van der Waals surface area contributed by atoms with E-state index in [1.165, 1.54) is 0 Å². The van der Waals surface area contributed by atoms with Crippen LogP contribution in [0.5, 0.6) is 11.5 Å². The van der Waals surface area contributed by atoms with Gasteiger partial charge in [-0.3, -0.25) is 9.59 Å². The second-order valence-corrected chi connectivity index (χ2v) is 6.23. The summed E-state index contributed by atoms with van der Waals surface area (Å²) in [6.07, 6.45) is -0.239. The fourth-order valence-electron chi connectivity index (χ4n) is 1.88. The Kier molecular flexibility index (Phi) is 4.90. The van der Waals surface area contributed by atoms with Crippen molar-refractivity contribution in [3.63, 3.8) is 0 Å². The van der Waals surface area contributed by atoms with E-state index in [0.717, 1.165) is 0 Å². The molecule has 2 rings (SSSR count). The molecule has 1 atom stereocenters. The summed E-state index contributed by atoms with van der Waals surface area (Å²) in [5.41, 5.74) is -0.510. The van der Waals surface area contributed by atoms with Crippen molar-refractivity contribution in [1.82, 2.24) is 10.6 Å². The van der Waals surface area contributed by atoms with Crippen molar-refractivity contribution in [2.45, 2.75) is 26.9 Å². The van der Waals surface area contributed by atoms with Crippen molar-refractivity contribution in [3.8, 4) is 11.5 Å². The number of carbonyl (C=O) groups is 2. The summed E-state index contributed by atoms with van der Waals surface area (Å²) >= 11 is 0. The third-order valence-electron chi connectivity index (χ3n) is 3.19. The Morgan fingerprint density at radius 3 is 2.55 bits per heavy atom. The van der Waals surface area contributed by atoms with Crippen molar-refractivity contribution >= 4 is 11.8 Å². The van der Waals surface area contributed by atoms with Crippen LogP contribution in [0.3, 0.4) is 0 Å². The van der Waals surface area contributed by atoms with Crippen LogP contribution in [-0.4, -0.2) is 37.6 Å². The Morgan fingerprint density at radius 1 is 1.18 bits per heavy atom. The van der Waals surface area contributed by atoms with Gasteiger partial charge in [-0.1, -0.05) is 32.9 Å². The molecule has 1 aromatic carbocycles. The van der Waals surface area contributed by atoms with Crippen LogP contribution in [0.2, 0.25) is 0 Å². The number of fused-ring (bicyclic) bond motifs is 1. The van der Waals surface area contributed by atoms with Gasteiger partial charge in [0.15, 0.2) is 11.5 Å². The van der Waals surface area contributed by atoms with Gasteiger partial charge in [-0.15, -0.1) is 0 Å². The monoisotopic (exact) mass is 306 g/mol. The molecule has 2 amide bonds. The molecular weight excluding hydrogens is 284 g/mol. The number of para-hydroxylation sites is 2. The number of nitrogens with one attached hydrogen (secondary N) is 2. The Hall–Kier alpha value is -2.24. The van der Waals surface area contributed by atoms with E-state index in [1.807, 2.05) is 24.3 Å². The first-order valence-corrected chi connectivity index (χ1v) is 7.30. The van der Waals surface area contributed by atoms with E-state index in [-0.39, 0.29) is 24.5 Å². The SMILES string of the molecule is CC(C)(C)C(=O)NCC(=O)NCC1COc2ccccc2O1. The number of hydrogen-bond acceptors (Lipinski definition) is 4. The van der Waals surface area contributed by atoms with Crippen molar-refractivity contribution in [2.24, 2.45) is 5.41 Å². The van der Waals surface area contributed by atoms with Gasteiger partial charge >= 0.3 is 0 Å². The molecule has 1 aliphatic rings. The highest BCUT2D eigenvalue weighted by Gasteiger charge is 2.23. The molecule has 0 saturated heterocycles. The standard InChI is InChI=1S/C16H22N2O4/c1-16(2,3)15(20)18-9-14(19)17-8-11-10-21-12-6-4-5-7-13(12)22-11/h4-7,11H,8-10H2,1-3H3,(H,17,19)(H,18,20). The lowest BCUT2D eigenvalue weighted by molar-refractivity contribution is -0.131. The number of carbonyl (C=O) groups excluding carboxylic acids is 2. The fraction of sp³-hybridized carbons (Fsp3) is 0.500. The summed E-state index contributed by atoms with van der Waals surface area (Å²) in [6.45, 7) is 6.06. The molecule has 22 heavy (non-hydrogen) atoms. The highest BCUT2D eigenvalue weighted by molar-refractivity contribution is 5.87. The maximum absolute atomic E-state index is 11.7. The zero-order valence-electron chi connectivity index (χ0n) is 13.1. The molecule has 0 spiro atoms. The average Bonchev–Trinajstić information content (AvgIpc) is 2.49. The van der Waals surface area contributed by atoms with Crippen molar-refractivity contribution in [3.05, 3.63) is 24.3 Å². The minimum Gasteiger partial charge on any atom is -0.486 e. The van der Waals surface area contributed by atoms with Gasteiger partial charge in [0.25, 0.3) is 0 Å². The molecule has 0 fully saturated rings. The van der Waals surface area contributed by atoms with Gasteiger partial charge in [-0.25, -0.2) is 0 Å². The molecule has 1 unspecified atom stereocenters. The summed E-state index contributed by atoms with van der Waals surface area (Å²) in [6, 6.07) is 7.41. The third kappa shape index (κ3) is 4.38. The molecule has 0 bridgehead atoms. The fourth-order valence-corrected chi connectivity index (χ4v) is 1.88. The molecule has 6 nitrogen and oxygen atoms in total. The number of ether oxygens (including phenoxy) is 2. The van der Waals surface area contributed by atoms with E-state index in [1.54, 1.807) is 20.8 Å². The number of hydrogen-bond donors (Lipinski definition) is 2. The van der Waals surface area contributed by atoms with Gasteiger partial charge in [-0.05, 0) is 12.1 Å². The Labute approximate surface area is 130 Å². The lowest BCUT2D eigenvalue weighted by atomic mass is 9.96. The van der Waals surface area contributed by atoms with Gasteiger partial charge in [0, 0.05) is 5.41 Å². The lowest BCUT2D eigenvalue weighted by Crippen LogP contribution is -2.45. The Morgan fingerprint density at radius 2 is 1.86 bits per heavy atom. The van der Waals surface area contributed by atoms with E-state index in [9.17, 15) is 9.59 Å². The predicted octanol–water partition coefficient (Wildman–Crippen LogP) is 1.10. The maximum Gasteiger partial charge on any atom is 0.239 e. The largest absolute Gasteiger partial charge is 0.486 e. The van der Waals surface area contributed by atoms with Crippen LogP contribution in [0.15, 0.2) is 24.3 Å². The summed E-state index contributed by atoms with van der Waals surface area (Å²) in [5, 5.41) is 5.33. The van der Waals surface area contributed by atoms with Crippen LogP contribution in [-0.2, 0) is 9.59 Å². The highest BCUT2D eigenvalue weighted by Crippen LogP contribution is 2.30. The molecule has 120 valence electrons. The first-order chi connectivity index (χ1) is 10.4. The van der Waals surface area contributed by atoms with E-state index >= 15 is 0 Å². The molecule has 0 saturated carbocycles. The Balaban J connectivity index is 1.73. The van der Waals surface area contributed by atoms with Gasteiger partial charge in [0.05, 0.1) is 13.1 Å².